The van der Waals surface area contributed by atoms with Crippen LogP contribution in [-0.2, 0) is 27.3 Å². The number of rotatable bonds is 7. The number of carbonyl (C=O) groups is 3. The fourth-order valence-electron chi connectivity index (χ4n) is 4.61. The topological polar surface area (TPSA) is 81.1 Å². The average Bonchev–Trinajstić information content (AvgIpc) is 3.35. The summed E-state index contributed by atoms with van der Waals surface area (Å²) in [5.41, 5.74) is 3.87. The number of nitrogens with one attached hydrogen (secondary N) is 1. The van der Waals surface area contributed by atoms with Crippen LogP contribution in [0.1, 0.15) is 47.9 Å². The molecule has 2 atom stereocenters. The number of aryl methyl sites for hydroxylation is 2. The van der Waals surface area contributed by atoms with Gasteiger partial charge in [0.15, 0.2) is 5.78 Å². The van der Waals surface area contributed by atoms with Crippen LogP contribution in [0, 0.1) is 18.7 Å². The second-order valence-corrected chi connectivity index (χ2v) is 9.04. The molecule has 6 nitrogen and oxygen atoms in total. The lowest BCUT2D eigenvalue weighted by Crippen LogP contribution is -2.27. The normalized spacial score (nSPS) is 17.9. The van der Waals surface area contributed by atoms with E-state index in [0.717, 1.165) is 22.4 Å². The van der Waals surface area contributed by atoms with Crippen LogP contribution >= 0.6 is 11.6 Å². The third kappa shape index (κ3) is 4.94. The molecule has 2 aromatic carbocycles. The van der Waals surface area contributed by atoms with Crippen molar-refractivity contribution in [1.82, 2.24) is 15.1 Å². The molecule has 0 spiro atoms. The zero-order chi connectivity index (χ0) is 24.4. The van der Waals surface area contributed by atoms with Gasteiger partial charge in [-0.15, -0.1) is 0 Å². The summed E-state index contributed by atoms with van der Waals surface area (Å²) in [7, 11) is 0. The number of aromatic nitrogens is 2. The van der Waals surface area contributed by atoms with E-state index in [0.29, 0.717) is 17.0 Å². The zero-order valence-electron chi connectivity index (χ0n) is 19.0. The highest BCUT2D eigenvalue weighted by Gasteiger charge is 2.44. The maximum Gasteiger partial charge on any atom is 0.221 e. The molecule has 176 valence electrons. The third-order valence-electron chi connectivity index (χ3n) is 6.21. The van der Waals surface area contributed by atoms with Gasteiger partial charge in [-0.3, -0.25) is 14.4 Å². The van der Waals surface area contributed by atoms with Crippen LogP contribution in [-0.4, -0.2) is 27.3 Å². The van der Waals surface area contributed by atoms with Crippen molar-refractivity contribution in [2.45, 2.75) is 45.6 Å². The number of amides is 1. The Labute approximate surface area is 202 Å². The standard InChI is InChI=1S/C26H25ClFN3O3/c1-3-17-9-21(31-14-19(27)13-30-31)7-15(2)24(17)25-22(32)10-18(26(25)34)11-23(33)29-12-16-5-4-6-20(28)8-16/h4-9,13-14,18,25H,3,10-12H2,1-2H3,(H,29,33). The molecule has 3 aromatic rings. The van der Waals surface area contributed by atoms with Gasteiger partial charge in [0.05, 0.1) is 16.9 Å². The maximum atomic E-state index is 13.3. The quantitative estimate of drug-likeness (QED) is 0.504. The van der Waals surface area contributed by atoms with Gasteiger partial charge in [-0.25, -0.2) is 9.07 Å². The first-order valence-electron chi connectivity index (χ1n) is 11.2. The summed E-state index contributed by atoms with van der Waals surface area (Å²) in [6.07, 6.45) is 3.84. The van der Waals surface area contributed by atoms with E-state index in [4.69, 9.17) is 11.6 Å². The highest BCUT2D eigenvalue weighted by atomic mass is 35.5. The fraction of sp³-hybridized carbons (Fsp3) is 0.308. The molecule has 0 bridgehead atoms. The van der Waals surface area contributed by atoms with Gasteiger partial charge in [-0.1, -0.05) is 30.7 Å². The Bertz CT molecular complexity index is 1270. The van der Waals surface area contributed by atoms with Crippen LogP contribution < -0.4 is 5.32 Å². The second kappa shape index (κ2) is 9.89. The van der Waals surface area contributed by atoms with Crippen LogP contribution in [0.4, 0.5) is 4.39 Å². The number of Topliss-reactive ketones (excluding diaryl/α,β-unsaturated/α-hetero) is 2. The van der Waals surface area contributed by atoms with Crippen LogP contribution in [0.25, 0.3) is 5.69 Å². The van der Waals surface area contributed by atoms with Crippen molar-refractivity contribution >= 4 is 29.1 Å². The highest BCUT2D eigenvalue weighted by Crippen LogP contribution is 2.38. The van der Waals surface area contributed by atoms with Crippen LogP contribution in [0.15, 0.2) is 48.8 Å². The molecule has 0 aliphatic heterocycles. The predicted molar refractivity (Wildman–Crippen MR) is 126 cm³/mol. The lowest BCUT2D eigenvalue weighted by atomic mass is 9.85. The Morgan fingerprint density at radius 2 is 2.06 bits per heavy atom. The van der Waals surface area contributed by atoms with Crippen molar-refractivity contribution in [3.8, 4) is 5.69 Å². The molecule has 8 heteroatoms. The van der Waals surface area contributed by atoms with Gasteiger partial charge in [0.1, 0.15) is 17.5 Å². The van der Waals surface area contributed by atoms with Crippen molar-refractivity contribution in [3.05, 3.63) is 81.9 Å². The Morgan fingerprint density at radius 1 is 1.26 bits per heavy atom. The smallest absolute Gasteiger partial charge is 0.221 e. The molecule has 1 aliphatic carbocycles. The van der Waals surface area contributed by atoms with E-state index in [2.05, 4.69) is 10.4 Å². The van der Waals surface area contributed by atoms with Gasteiger partial charge >= 0.3 is 0 Å². The van der Waals surface area contributed by atoms with Crippen LogP contribution in [0.5, 0.6) is 0 Å². The lowest BCUT2D eigenvalue weighted by Gasteiger charge is -2.18. The number of ketones is 2. The number of hydrogen-bond acceptors (Lipinski definition) is 4. The molecule has 0 saturated heterocycles. The molecule has 1 heterocycles. The molecule has 1 saturated carbocycles. The number of nitrogens with zero attached hydrogens (tertiary/aromatic N) is 2. The summed E-state index contributed by atoms with van der Waals surface area (Å²) in [6, 6.07) is 9.76. The minimum atomic E-state index is -0.869. The predicted octanol–water partition coefficient (Wildman–Crippen LogP) is 4.48. The summed E-state index contributed by atoms with van der Waals surface area (Å²) in [4.78, 5) is 38.7. The number of halogens is 2. The van der Waals surface area contributed by atoms with Gasteiger partial charge in [0.25, 0.3) is 0 Å². The Hall–Kier alpha value is -3.32. The number of hydrogen-bond donors (Lipinski definition) is 1. The van der Waals surface area contributed by atoms with Gasteiger partial charge < -0.3 is 5.32 Å². The van der Waals surface area contributed by atoms with E-state index in [9.17, 15) is 18.8 Å². The third-order valence-corrected chi connectivity index (χ3v) is 6.40. The molecule has 4 rings (SSSR count). The molecular formula is C26H25ClFN3O3. The van der Waals surface area contributed by atoms with Gasteiger partial charge in [0, 0.05) is 31.5 Å². The molecule has 2 unspecified atom stereocenters. The Morgan fingerprint density at radius 3 is 2.74 bits per heavy atom. The van der Waals surface area contributed by atoms with E-state index >= 15 is 0 Å². The largest absolute Gasteiger partial charge is 0.352 e. The van der Waals surface area contributed by atoms with Crippen LogP contribution in [0.3, 0.4) is 0 Å². The second-order valence-electron chi connectivity index (χ2n) is 8.61. The van der Waals surface area contributed by atoms with Crippen molar-refractivity contribution < 1.29 is 18.8 Å². The molecule has 1 aliphatic rings. The van der Waals surface area contributed by atoms with Crippen molar-refractivity contribution in [2.24, 2.45) is 5.92 Å². The molecule has 1 N–H and O–H groups in total. The van der Waals surface area contributed by atoms with E-state index in [1.807, 2.05) is 26.0 Å². The van der Waals surface area contributed by atoms with E-state index < -0.39 is 11.8 Å². The molecule has 0 radical (unpaired) electrons. The van der Waals surface area contributed by atoms with E-state index in [1.54, 1.807) is 29.2 Å². The average molecular weight is 482 g/mol. The Balaban J connectivity index is 1.50. The molecule has 1 amide bonds. The molecule has 34 heavy (non-hydrogen) atoms. The molecular weight excluding hydrogens is 457 g/mol. The van der Waals surface area contributed by atoms with Gasteiger partial charge in [-0.2, -0.15) is 5.10 Å². The van der Waals surface area contributed by atoms with E-state index in [-0.39, 0.29) is 42.7 Å². The lowest BCUT2D eigenvalue weighted by molar-refractivity contribution is -0.128. The summed E-state index contributed by atoms with van der Waals surface area (Å²) >= 11 is 6.00. The Kier molecular flexibility index (Phi) is 6.93. The summed E-state index contributed by atoms with van der Waals surface area (Å²) in [5, 5.41) is 7.46. The summed E-state index contributed by atoms with van der Waals surface area (Å²) < 4.78 is 15.0. The number of benzene rings is 2. The first kappa shape index (κ1) is 23.8. The van der Waals surface area contributed by atoms with Gasteiger partial charge in [0.2, 0.25) is 5.91 Å². The van der Waals surface area contributed by atoms with Crippen molar-refractivity contribution in [3.63, 3.8) is 0 Å². The molecule has 1 fully saturated rings. The van der Waals surface area contributed by atoms with E-state index in [1.165, 1.54) is 12.1 Å². The van der Waals surface area contributed by atoms with Crippen LogP contribution in [0.2, 0.25) is 5.02 Å². The maximum absolute atomic E-state index is 13.3. The van der Waals surface area contributed by atoms with Crippen molar-refractivity contribution in [1.29, 1.82) is 0 Å². The fourth-order valence-corrected chi connectivity index (χ4v) is 4.74. The monoisotopic (exact) mass is 481 g/mol. The number of carbonyl (C=O) groups excluding carboxylic acids is 3. The van der Waals surface area contributed by atoms with Gasteiger partial charge in [-0.05, 0) is 59.9 Å². The minimum Gasteiger partial charge on any atom is -0.352 e. The zero-order valence-corrected chi connectivity index (χ0v) is 19.7. The SMILES string of the molecule is CCc1cc(-n2cc(Cl)cn2)cc(C)c1C1C(=O)CC(CC(=O)NCc2cccc(F)c2)C1=O. The first-order valence-corrected chi connectivity index (χ1v) is 11.6. The first-order chi connectivity index (χ1) is 16.3. The highest BCUT2D eigenvalue weighted by molar-refractivity contribution is 6.30. The molecule has 1 aromatic heterocycles. The summed E-state index contributed by atoms with van der Waals surface area (Å²) in [5.74, 6) is -2.64. The van der Waals surface area contributed by atoms with Crippen molar-refractivity contribution in [2.75, 3.05) is 0 Å². The minimum absolute atomic E-state index is 0.0377. The summed E-state index contributed by atoms with van der Waals surface area (Å²) in [6.45, 7) is 4.01.